The van der Waals surface area contributed by atoms with Crippen LogP contribution in [0.15, 0.2) is 27.2 Å². The maximum atomic E-state index is 12.7. The summed E-state index contributed by atoms with van der Waals surface area (Å²) < 4.78 is 11.1. The van der Waals surface area contributed by atoms with E-state index >= 15 is 0 Å². The monoisotopic (exact) mass is 379 g/mol. The van der Waals surface area contributed by atoms with E-state index in [0.717, 1.165) is 25.7 Å². The topological polar surface area (TPSA) is 119 Å². The number of aromatic nitrogens is 1. The highest BCUT2D eigenvalue weighted by Gasteiger charge is 2.38. The van der Waals surface area contributed by atoms with E-state index in [1.165, 1.54) is 6.26 Å². The molecule has 0 aromatic carbocycles. The van der Waals surface area contributed by atoms with Crippen LogP contribution in [-0.2, 0) is 4.79 Å². The molecule has 2 fully saturated rings. The van der Waals surface area contributed by atoms with Crippen LogP contribution < -0.4 is 10.2 Å². The third-order valence-electron chi connectivity index (χ3n) is 5.63. The Labute approximate surface area is 162 Å². The van der Waals surface area contributed by atoms with Gasteiger partial charge in [0.05, 0.1) is 12.3 Å². The zero-order valence-electron chi connectivity index (χ0n) is 15.5. The Morgan fingerprint density at radius 2 is 2.04 bits per heavy atom. The molecular weight excluding hydrogens is 358 g/mol. The molecule has 4 rings (SSSR count). The summed E-state index contributed by atoms with van der Waals surface area (Å²) in [6.45, 7) is 1.16. The average Bonchev–Trinajstić information content (AvgIpc) is 3.48. The zero-order chi connectivity index (χ0) is 19.6. The number of carbonyl (C=O) groups excluding carboxylic acids is 1. The van der Waals surface area contributed by atoms with Gasteiger partial charge in [-0.1, -0.05) is 0 Å². The Bertz CT molecular complexity index is 920. The van der Waals surface area contributed by atoms with Crippen molar-refractivity contribution in [2.24, 2.45) is 5.92 Å². The molecule has 1 N–H and O–H groups in total. The van der Waals surface area contributed by atoms with E-state index < -0.39 is 5.54 Å². The van der Waals surface area contributed by atoms with Crippen LogP contribution in [0.1, 0.15) is 44.2 Å². The first-order chi connectivity index (χ1) is 13.6. The minimum absolute atomic E-state index is 0.0440. The number of nitrogens with zero attached hydrogens (tertiary/aromatic N) is 4. The fourth-order valence-corrected chi connectivity index (χ4v) is 4.03. The van der Waals surface area contributed by atoms with Crippen LogP contribution in [-0.4, -0.2) is 29.5 Å². The lowest BCUT2D eigenvalue weighted by atomic mass is 9.93. The van der Waals surface area contributed by atoms with E-state index in [0.29, 0.717) is 37.6 Å². The summed E-state index contributed by atoms with van der Waals surface area (Å²) in [5, 5.41) is 21.8. The van der Waals surface area contributed by atoms with E-state index in [1.807, 2.05) is 4.90 Å². The van der Waals surface area contributed by atoms with Crippen molar-refractivity contribution in [3.8, 4) is 23.8 Å². The molecule has 0 atom stereocenters. The molecule has 1 saturated carbocycles. The maximum Gasteiger partial charge on any atom is 0.266 e. The molecule has 0 spiro atoms. The minimum Gasteiger partial charge on any atom is -0.459 e. The Morgan fingerprint density at radius 1 is 1.29 bits per heavy atom. The predicted molar refractivity (Wildman–Crippen MR) is 98.8 cm³/mol. The molecule has 3 heterocycles. The third kappa shape index (κ3) is 3.34. The molecule has 1 amide bonds. The standard InChI is InChI=1S/C20H21N5O3/c21-12-15-19(28-18(23-15)16-4-3-11-27-16)25-9-5-14(6-10-25)17(26)24-20(13-22)7-1-2-8-20/h3-4,11,14H,1-2,5-10H2,(H,24,26). The number of anilines is 1. The first-order valence-electron chi connectivity index (χ1n) is 9.57. The van der Waals surface area contributed by atoms with Gasteiger partial charge in [-0.05, 0) is 50.7 Å². The van der Waals surface area contributed by atoms with Crippen LogP contribution in [0, 0.1) is 28.6 Å². The molecule has 0 radical (unpaired) electrons. The summed E-state index contributed by atoms with van der Waals surface area (Å²) in [6.07, 6.45) is 6.21. The molecule has 8 heteroatoms. The van der Waals surface area contributed by atoms with Gasteiger partial charge in [0.1, 0.15) is 11.6 Å². The number of rotatable bonds is 4. The van der Waals surface area contributed by atoms with Gasteiger partial charge < -0.3 is 19.1 Å². The maximum absolute atomic E-state index is 12.7. The second kappa shape index (κ2) is 7.40. The van der Waals surface area contributed by atoms with Gasteiger partial charge >= 0.3 is 0 Å². The smallest absolute Gasteiger partial charge is 0.266 e. The van der Waals surface area contributed by atoms with Crippen molar-refractivity contribution in [3.63, 3.8) is 0 Å². The summed E-state index contributed by atoms with van der Waals surface area (Å²) >= 11 is 0. The lowest BCUT2D eigenvalue weighted by Gasteiger charge is -2.32. The summed E-state index contributed by atoms with van der Waals surface area (Å²) in [4.78, 5) is 18.8. The van der Waals surface area contributed by atoms with E-state index in [4.69, 9.17) is 8.83 Å². The Morgan fingerprint density at radius 3 is 2.64 bits per heavy atom. The normalized spacial score (nSPS) is 19.1. The van der Waals surface area contributed by atoms with Gasteiger partial charge in [0, 0.05) is 19.0 Å². The fourth-order valence-electron chi connectivity index (χ4n) is 4.03. The quantitative estimate of drug-likeness (QED) is 0.867. The molecule has 1 aliphatic heterocycles. The number of hydrogen-bond donors (Lipinski definition) is 1. The van der Waals surface area contributed by atoms with Crippen LogP contribution in [0.4, 0.5) is 5.88 Å². The van der Waals surface area contributed by atoms with E-state index in [9.17, 15) is 15.3 Å². The molecule has 2 aromatic rings. The molecule has 144 valence electrons. The number of oxazole rings is 1. The largest absolute Gasteiger partial charge is 0.459 e. The molecule has 0 unspecified atom stereocenters. The number of amides is 1. The van der Waals surface area contributed by atoms with Gasteiger partial charge in [-0.3, -0.25) is 4.79 Å². The van der Waals surface area contributed by atoms with Crippen molar-refractivity contribution in [1.29, 1.82) is 10.5 Å². The predicted octanol–water partition coefficient (Wildman–Crippen LogP) is 2.98. The molecule has 28 heavy (non-hydrogen) atoms. The van der Waals surface area contributed by atoms with E-state index in [-0.39, 0.29) is 23.4 Å². The van der Waals surface area contributed by atoms with Crippen LogP contribution in [0.3, 0.4) is 0 Å². The zero-order valence-corrected chi connectivity index (χ0v) is 15.5. The molecule has 2 aromatic heterocycles. The van der Waals surface area contributed by atoms with Crippen molar-refractivity contribution in [1.82, 2.24) is 10.3 Å². The summed E-state index contributed by atoms with van der Waals surface area (Å²) in [7, 11) is 0. The number of furan rings is 1. The minimum atomic E-state index is -0.689. The number of piperidine rings is 1. The number of hydrogen-bond acceptors (Lipinski definition) is 7. The average molecular weight is 379 g/mol. The Kier molecular flexibility index (Phi) is 4.79. The van der Waals surface area contributed by atoms with E-state index in [1.54, 1.807) is 12.1 Å². The molecular formula is C20H21N5O3. The van der Waals surface area contributed by atoms with Gasteiger partial charge in [0.25, 0.3) is 5.89 Å². The first-order valence-corrected chi connectivity index (χ1v) is 9.57. The Hall–Kier alpha value is -3.26. The lowest BCUT2D eigenvalue weighted by Crippen LogP contribution is -2.49. The molecule has 0 bridgehead atoms. The highest BCUT2D eigenvalue weighted by atomic mass is 16.4. The molecule has 8 nitrogen and oxygen atoms in total. The van der Waals surface area contributed by atoms with Crippen LogP contribution in [0.2, 0.25) is 0 Å². The van der Waals surface area contributed by atoms with Crippen molar-refractivity contribution in [2.75, 3.05) is 18.0 Å². The highest BCUT2D eigenvalue weighted by molar-refractivity contribution is 5.80. The molecule has 1 saturated heterocycles. The van der Waals surface area contributed by atoms with Crippen molar-refractivity contribution < 1.29 is 13.6 Å². The van der Waals surface area contributed by atoms with Crippen molar-refractivity contribution in [2.45, 2.75) is 44.1 Å². The number of nitrogens with one attached hydrogen (secondary N) is 1. The van der Waals surface area contributed by atoms with E-state index in [2.05, 4.69) is 22.4 Å². The van der Waals surface area contributed by atoms with Gasteiger partial charge in [0.15, 0.2) is 5.76 Å². The van der Waals surface area contributed by atoms with Crippen LogP contribution in [0.25, 0.3) is 11.7 Å². The highest BCUT2D eigenvalue weighted by Crippen LogP contribution is 2.33. The number of carbonyl (C=O) groups is 1. The van der Waals surface area contributed by atoms with Gasteiger partial charge in [-0.2, -0.15) is 15.5 Å². The lowest BCUT2D eigenvalue weighted by molar-refractivity contribution is -0.127. The fraction of sp³-hybridized carbons (Fsp3) is 0.500. The Balaban J connectivity index is 1.41. The third-order valence-corrected chi connectivity index (χ3v) is 5.63. The van der Waals surface area contributed by atoms with Crippen LogP contribution in [0.5, 0.6) is 0 Å². The van der Waals surface area contributed by atoms with Gasteiger partial charge in [-0.15, -0.1) is 0 Å². The SMILES string of the molecule is N#Cc1nc(-c2ccco2)oc1N1CCC(C(=O)NC2(C#N)CCCC2)CC1. The van der Waals surface area contributed by atoms with Crippen LogP contribution >= 0.6 is 0 Å². The summed E-state index contributed by atoms with van der Waals surface area (Å²) in [5.74, 6) is 0.971. The summed E-state index contributed by atoms with van der Waals surface area (Å²) in [5.41, 5.74) is -0.478. The van der Waals surface area contributed by atoms with Gasteiger partial charge in [0.2, 0.25) is 17.5 Å². The van der Waals surface area contributed by atoms with Gasteiger partial charge in [-0.25, -0.2) is 0 Å². The molecule has 1 aliphatic carbocycles. The van der Waals surface area contributed by atoms with Crippen molar-refractivity contribution >= 4 is 11.8 Å². The first kappa shape index (κ1) is 18.1. The second-order valence-electron chi connectivity index (χ2n) is 7.41. The summed E-state index contributed by atoms with van der Waals surface area (Å²) in [6, 6.07) is 7.82. The molecule has 2 aliphatic rings. The number of nitriles is 2. The van der Waals surface area contributed by atoms with Crippen molar-refractivity contribution in [3.05, 3.63) is 24.1 Å². The second-order valence-corrected chi connectivity index (χ2v) is 7.41.